The summed E-state index contributed by atoms with van der Waals surface area (Å²) in [6.07, 6.45) is -0.0990. The molecule has 0 saturated carbocycles. The zero-order chi connectivity index (χ0) is 13.1. The number of carboxylic acids is 1. The Labute approximate surface area is 103 Å². The van der Waals surface area contributed by atoms with Crippen molar-refractivity contribution in [2.24, 2.45) is 0 Å². The normalized spacial score (nSPS) is 19.9. The Kier molecular flexibility index (Phi) is 3.57. The van der Waals surface area contributed by atoms with E-state index < -0.39 is 11.8 Å². The Bertz CT molecular complexity index is 478. The first-order valence-electron chi connectivity index (χ1n) is 5.58. The second-order valence-corrected chi connectivity index (χ2v) is 4.13. The number of carbonyl (C=O) groups excluding carboxylic acids is 1. The molecule has 2 N–H and O–H groups in total. The number of para-hydroxylation sites is 1. The van der Waals surface area contributed by atoms with Crippen molar-refractivity contribution >= 4 is 17.6 Å². The molecule has 1 atom stereocenters. The fourth-order valence-corrected chi connectivity index (χ4v) is 1.96. The highest BCUT2D eigenvalue weighted by atomic mass is 19.1. The zero-order valence-corrected chi connectivity index (χ0v) is 9.60. The van der Waals surface area contributed by atoms with Crippen LogP contribution in [0.3, 0.4) is 0 Å². The highest BCUT2D eigenvalue weighted by Crippen LogP contribution is 2.21. The molecule has 1 aliphatic rings. The van der Waals surface area contributed by atoms with Crippen molar-refractivity contribution in [2.75, 3.05) is 18.0 Å². The topological polar surface area (TPSA) is 69.6 Å². The first-order chi connectivity index (χ1) is 8.58. The van der Waals surface area contributed by atoms with Gasteiger partial charge in [-0.3, -0.25) is 9.59 Å². The molecule has 6 heteroatoms. The number of hydrogen-bond donors (Lipinski definition) is 2. The molecule has 1 amide bonds. The van der Waals surface area contributed by atoms with Crippen molar-refractivity contribution in [1.29, 1.82) is 0 Å². The summed E-state index contributed by atoms with van der Waals surface area (Å²) in [6, 6.07) is 5.60. The molecule has 1 aromatic rings. The minimum absolute atomic E-state index is 0.0201. The molecule has 18 heavy (non-hydrogen) atoms. The zero-order valence-electron chi connectivity index (χ0n) is 9.60. The molecule has 1 aliphatic heterocycles. The van der Waals surface area contributed by atoms with Gasteiger partial charge in [-0.2, -0.15) is 0 Å². The summed E-state index contributed by atoms with van der Waals surface area (Å²) in [6.45, 7) is 0.179. The molecule has 1 saturated heterocycles. The van der Waals surface area contributed by atoms with E-state index in [1.807, 2.05) is 0 Å². The average molecular weight is 252 g/mol. The number of halogens is 1. The van der Waals surface area contributed by atoms with Crippen LogP contribution in [0.15, 0.2) is 24.3 Å². The van der Waals surface area contributed by atoms with Gasteiger partial charge >= 0.3 is 5.97 Å². The molecule has 1 heterocycles. The van der Waals surface area contributed by atoms with Crippen molar-refractivity contribution in [1.82, 2.24) is 5.32 Å². The Balaban J connectivity index is 2.18. The standard InChI is InChI=1S/C12H13FN2O3/c13-9-3-1-2-4-10(9)15-7-8(5-12(17)18)14-6-11(15)16/h1-4,8,14H,5-7H2,(H,17,18). The summed E-state index contributed by atoms with van der Waals surface area (Å²) in [5.41, 5.74) is 0.194. The number of nitrogens with one attached hydrogen (secondary N) is 1. The van der Waals surface area contributed by atoms with Crippen LogP contribution in [0.4, 0.5) is 10.1 Å². The lowest BCUT2D eigenvalue weighted by molar-refractivity contribution is -0.138. The van der Waals surface area contributed by atoms with Gasteiger partial charge in [0.2, 0.25) is 5.91 Å². The number of rotatable bonds is 3. The fraction of sp³-hybridized carbons (Fsp3) is 0.333. The number of amides is 1. The lowest BCUT2D eigenvalue weighted by atomic mass is 10.1. The molecule has 0 bridgehead atoms. The van der Waals surface area contributed by atoms with Gasteiger partial charge in [0, 0.05) is 12.6 Å². The quantitative estimate of drug-likeness (QED) is 0.826. The van der Waals surface area contributed by atoms with Gasteiger partial charge in [0.1, 0.15) is 5.82 Å². The summed E-state index contributed by atoms with van der Waals surface area (Å²) in [7, 11) is 0. The molecule has 0 spiro atoms. The number of benzene rings is 1. The van der Waals surface area contributed by atoms with Crippen LogP contribution in [0.2, 0.25) is 0 Å². The lowest BCUT2D eigenvalue weighted by Crippen LogP contribution is -2.55. The summed E-state index contributed by atoms with van der Waals surface area (Å²) >= 11 is 0. The number of carboxylic acid groups (broad SMARTS) is 1. The van der Waals surface area contributed by atoms with Crippen molar-refractivity contribution in [2.45, 2.75) is 12.5 Å². The monoisotopic (exact) mass is 252 g/mol. The minimum atomic E-state index is -0.949. The largest absolute Gasteiger partial charge is 0.481 e. The molecule has 5 nitrogen and oxygen atoms in total. The molecule has 0 aliphatic carbocycles. The third-order valence-corrected chi connectivity index (χ3v) is 2.81. The summed E-state index contributed by atoms with van der Waals surface area (Å²) in [5.74, 6) is -1.70. The van der Waals surface area contributed by atoms with Crippen LogP contribution < -0.4 is 10.2 Å². The van der Waals surface area contributed by atoms with E-state index >= 15 is 0 Å². The predicted octanol–water partition coefficient (Wildman–Crippen LogP) is 0.605. The maximum atomic E-state index is 13.6. The molecule has 1 aromatic carbocycles. The third kappa shape index (κ3) is 2.65. The second kappa shape index (κ2) is 5.14. The highest BCUT2D eigenvalue weighted by molar-refractivity contribution is 5.96. The maximum Gasteiger partial charge on any atom is 0.304 e. The third-order valence-electron chi connectivity index (χ3n) is 2.81. The first kappa shape index (κ1) is 12.5. The van der Waals surface area contributed by atoms with Gasteiger partial charge < -0.3 is 15.3 Å². The van der Waals surface area contributed by atoms with Crippen molar-refractivity contribution in [3.05, 3.63) is 30.1 Å². The second-order valence-electron chi connectivity index (χ2n) is 4.13. The van der Waals surface area contributed by atoms with Gasteiger partial charge in [-0.1, -0.05) is 12.1 Å². The fourth-order valence-electron chi connectivity index (χ4n) is 1.96. The molecule has 1 unspecified atom stereocenters. The summed E-state index contributed by atoms with van der Waals surface area (Å²) in [4.78, 5) is 23.7. The van der Waals surface area contributed by atoms with Crippen LogP contribution in [-0.2, 0) is 9.59 Å². The number of anilines is 1. The molecular formula is C12H13FN2O3. The van der Waals surface area contributed by atoms with E-state index in [1.54, 1.807) is 12.1 Å². The Morgan fingerprint density at radius 2 is 2.22 bits per heavy atom. The van der Waals surface area contributed by atoms with Crippen LogP contribution in [0, 0.1) is 5.82 Å². The first-order valence-corrected chi connectivity index (χ1v) is 5.58. The number of carbonyl (C=O) groups is 2. The van der Waals surface area contributed by atoms with E-state index in [0.717, 1.165) is 0 Å². The van der Waals surface area contributed by atoms with E-state index in [4.69, 9.17) is 5.11 Å². The molecule has 0 radical (unpaired) electrons. The highest BCUT2D eigenvalue weighted by Gasteiger charge is 2.28. The van der Waals surface area contributed by atoms with Crippen LogP contribution in [0.5, 0.6) is 0 Å². The molecule has 96 valence electrons. The summed E-state index contributed by atoms with van der Waals surface area (Å²) < 4.78 is 13.6. The van der Waals surface area contributed by atoms with Crippen LogP contribution in [-0.4, -0.2) is 36.1 Å². The number of piperazine rings is 1. The van der Waals surface area contributed by atoms with E-state index in [2.05, 4.69) is 5.32 Å². The van der Waals surface area contributed by atoms with E-state index in [9.17, 15) is 14.0 Å². The van der Waals surface area contributed by atoms with E-state index in [-0.39, 0.29) is 37.1 Å². The SMILES string of the molecule is O=C(O)CC1CN(c2ccccc2F)C(=O)CN1. The lowest BCUT2D eigenvalue weighted by Gasteiger charge is -2.33. The van der Waals surface area contributed by atoms with E-state index in [1.165, 1.54) is 17.0 Å². The molecular weight excluding hydrogens is 239 g/mol. The Morgan fingerprint density at radius 3 is 2.89 bits per heavy atom. The average Bonchev–Trinajstić information content (AvgIpc) is 2.32. The molecule has 0 aromatic heterocycles. The van der Waals surface area contributed by atoms with Crippen LogP contribution in [0.1, 0.15) is 6.42 Å². The maximum absolute atomic E-state index is 13.6. The molecule has 1 fully saturated rings. The number of aliphatic carboxylic acids is 1. The van der Waals surface area contributed by atoms with Crippen molar-refractivity contribution in [3.63, 3.8) is 0 Å². The van der Waals surface area contributed by atoms with Crippen LogP contribution in [0.25, 0.3) is 0 Å². The minimum Gasteiger partial charge on any atom is -0.481 e. The van der Waals surface area contributed by atoms with Crippen molar-refractivity contribution < 1.29 is 19.1 Å². The van der Waals surface area contributed by atoms with Gasteiger partial charge in [0.15, 0.2) is 0 Å². The van der Waals surface area contributed by atoms with Gasteiger partial charge in [-0.25, -0.2) is 4.39 Å². The summed E-state index contributed by atoms with van der Waals surface area (Å²) in [5, 5.41) is 11.6. The van der Waals surface area contributed by atoms with Gasteiger partial charge in [0.25, 0.3) is 0 Å². The van der Waals surface area contributed by atoms with Gasteiger partial charge in [0.05, 0.1) is 18.7 Å². The predicted molar refractivity (Wildman–Crippen MR) is 62.8 cm³/mol. The van der Waals surface area contributed by atoms with Gasteiger partial charge in [-0.05, 0) is 12.1 Å². The molecule has 2 rings (SSSR count). The van der Waals surface area contributed by atoms with E-state index in [0.29, 0.717) is 0 Å². The Hall–Kier alpha value is -1.95. The van der Waals surface area contributed by atoms with Crippen LogP contribution >= 0.6 is 0 Å². The number of hydrogen-bond acceptors (Lipinski definition) is 3. The Morgan fingerprint density at radius 1 is 1.50 bits per heavy atom. The van der Waals surface area contributed by atoms with Gasteiger partial charge in [-0.15, -0.1) is 0 Å². The smallest absolute Gasteiger partial charge is 0.304 e. The number of nitrogens with zero attached hydrogens (tertiary/aromatic N) is 1. The van der Waals surface area contributed by atoms with Crippen molar-refractivity contribution in [3.8, 4) is 0 Å².